The zero-order chi connectivity index (χ0) is 8.81. The summed E-state index contributed by atoms with van der Waals surface area (Å²) in [5.74, 6) is 0. The van der Waals surface area contributed by atoms with E-state index in [1.165, 1.54) is 5.56 Å². The summed E-state index contributed by atoms with van der Waals surface area (Å²) >= 11 is 1.63. The minimum absolute atomic E-state index is 0.569. The molecule has 0 unspecified atom stereocenters. The van der Waals surface area contributed by atoms with Gasteiger partial charge in [0.1, 0.15) is 0 Å². The molecule has 0 saturated carbocycles. The van der Waals surface area contributed by atoms with Crippen LogP contribution in [-0.4, -0.2) is 11.2 Å². The number of hydrogen-bond acceptors (Lipinski definition) is 3. The first-order valence-corrected chi connectivity index (χ1v) is 4.95. The number of aryl methyl sites for hydroxylation is 1. The van der Waals surface area contributed by atoms with Crippen LogP contribution in [0.5, 0.6) is 0 Å². The normalized spacial score (nSPS) is 9.33. The van der Waals surface area contributed by atoms with Crippen LogP contribution in [0.15, 0.2) is 23.4 Å². The van der Waals surface area contributed by atoms with Gasteiger partial charge in [-0.25, -0.2) is 4.98 Å². The van der Waals surface area contributed by atoms with Gasteiger partial charge in [0.15, 0.2) is 0 Å². The molecule has 1 rings (SSSR count). The number of thioether (sulfide) groups is 1. The third kappa shape index (κ3) is 2.24. The van der Waals surface area contributed by atoms with Gasteiger partial charge in [-0.1, -0.05) is 6.07 Å². The molecule has 0 bridgehead atoms. The molecule has 0 spiro atoms. The van der Waals surface area contributed by atoms with Crippen LogP contribution >= 0.6 is 11.8 Å². The molecule has 1 heterocycles. The monoisotopic (exact) mass is 178 g/mol. The Hall–Kier alpha value is -1.01. The molecule has 0 aliphatic carbocycles. The third-order valence-electron chi connectivity index (χ3n) is 1.55. The second-order valence-electron chi connectivity index (χ2n) is 2.33. The smallest absolute Gasteiger partial charge is 0.0989 e. The van der Waals surface area contributed by atoms with E-state index in [9.17, 15) is 0 Å². The first kappa shape index (κ1) is 9.08. The molecular formula is C9H10N2S. The molecule has 1 aromatic rings. The third-order valence-corrected chi connectivity index (χ3v) is 2.30. The highest BCUT2D eigenvalue weighted by Gasteiger charge is 1.99. The molecule has 2 nitrogen and oxygen atoms in total. The highest BCUT2D eigenvalue weighted by atomic mass is 32.2. The Labute approximate surface area is 76.6 Å². The van der Waals surface area contributed by atoms with Crippen molar-refractivity contribution in [3.63, 3.8) is 0 Å². The molecule has 3 heteroatoms. The van der Waals surface area contributed by atoms with E-state index in [4.69, 9.17) is 5.26 Å². The predicted molar refractivity (Wildman–Crippen MR) is 50.0 cm³/mol. The zero-order valence-corrected chi connectivity index (χ0v) is 7.77. The van der Waals surface area contributed by atoms with Crippen molar-refractivity contribution in [3.05, 3.63) is 23.9 Å². The Kier molecular flexibility index (Phi) is 3.62. The van der Waals surface area contributed by atoms with Crippen molar-refractivity contribution in [2.75, 3.05) is 6.26 Å². The summed E-state index contributed by atoms with van der Waals surface area (Å²) in [7, 11) is 0. The second-order valence-corrected chi connectivity index (χ2v) is 3.12. The molecule has 0 aliphatic heterocycles. The molecule has 0 radical (unpaired) electrons. The maximum atomic E-state index is 8.41. The summed E-state index contributed by atoms with van der Waals surface area (Å²) < 4.78 is 0. The largest absolute Gasteiger partial charge is 0.250 e. The second kappa shape index (κ2) is 4.78. The van der Waals surface area contributed by atoms with E-state index in [1.54, 1.807) is 18.0 Å². The van der Waals surface area contributed by atoms with Gasteiger partial charge in [-0.15, -0.1) is 11.8 Å². The number of nitriles is 1. The van der Waals surface area contributed by atoms with Crippen molar-refractivity contribution in [2.24, 2.45) is 0 Å². The Bertz CT molecular complexity index is 291. The van der Waals surface area contributed by atoms with Crippen molar-refractivity contribution in [3.8, 4) is 6.07 Å². The first-order chi connectivity index (χ1) is 5.88. The van der Waals surface area contributed by atoms with Gasteiger partial charge in [0.2, 0.25) is 0 Å². The van der Waals surface area contributed by atoms with Gasteiger partial charge < -0.3 is 0 Å². The van der Waals surface area contributed by atoms with Crippen LogP contribution in [0.3, 0.4) is 0 Å². The molecule has 0 amide bonds. The molecule has 62 valence electrons. The van der Waals surface area contributed by atoms with Crippen LogP contribution in [0.4, 0.5) is 0 Å². The van der Waals surface area contributed by atoms with Crippen molar-refractivity contribution >= 4 is 11.8 Å². The number of hydrogen-bond donors (Lipinski definition) is 0. The van der Waals surface area contributed by atoms with E-state index in [-0.39, 0.29) is 0 Å². The maximum Gasteiger partial charge on any atom is 0.0989 e. The van der Waals surface area contributed by atoms with Crippen molar-refractivity contribution in [1.82, 2.24) is 4.98 Å². The number of aromatic nitrogens is 1. The van der Waals surface area contributed by atoms with Gasteiger partial charge in [-0.05, 0) is 24.3 Å². The van der Waals surface area contributed by atoms with Gasteiger partial charge in [-0.2, -0.15) is 5.26 Å². The fourth-order valence-corrected chi connectivity index (χ4v) is 1.59. The lowest BCUT2D eigenvalue weighted by Crippen LogP contribution is -1.89. The van der Waals surface area contributed by atoms with Gasteiger partial charge in [-0.3, -0.25) is 0 Å². The van der Waals surface area contributed by atoms with E-state index in [0.29, 0.717) is 6.42 Å². The quantitative estimate of drug-likeness (QED) is 0.666. The van der Waals surface area contributed by atoms with Crippen molar-refractivity contribution in [2.45, 2.75) is 17.9 Å². The molecule has 0 aromatic carbocycles. The average molecular weight is 178 g/mol. The van der Waals surface area contributed by atoms with Crippen molar-refractivity contribution in [1.29, 1.82) is 5.26 Å². The van der Waals surface area contributed by atoms with Crippen molar-refractivity contribution < 1.29 is 0 Å². The highest BCUT2D eigenvalue weighted by Crippen LogP contribution is 2.17. The minimum Gasteiger partial charge on any atom is -0.250 e. The van der Waals surface area contributed by atoms with Gasteiger partial charge in [0.05, 0.1) is 11.1 Å². The number of rotatable bonds is 3. The summed E-state index contributed by atoms with van der Waals surface area (Å²) in [5.41, 5.74) is 1.17. The van der Waals surface area contributed by atoms with Crippen LogP contribution in [0.2, 0.25) is 0 Å². The van der Waals surface area contributed by atoms with E-state index < -0.39 is 0 Å². The SMILES string of the molecule is CSc1ncccc1CCC#N. The predicted octanol–water partition coefficient (Wildman–Crippen LogP) is 2.26. The molecule has 0 N–H and O–H groups in total. The van der Waals surface area contributed by atoms with Crippen LogP contribution in [0.25, 0.3) is 0 Å². The number of nitrogens with zero attached hydrogens (tertiary/aromatic N) is 2. The van der Waals surface area contributed by atoms with Crippen LogP contribution in [-0.2, 0) is 6.42 Å². The molecule has 12 heavy (non-hydrogen) atoms. The topological polar surface area (TPSA) is 36.7 Å². The minimum atomic E-state index is 0.569. The molecule has 1 aromatic heterocycles. The van der Waals surface area contributed by atoms with E-state index in [1.807, 2.05) is 18.4 Å². The first-order valence-electron chi connectivity index (χ1n) is 3.73. The maximum absolute atomic E-state index is 8.41. The standard InChI is InChI=1S/C9H10N2S/c1-12-9-8(4-2-6-10)5-3-7-11-9/h3,5,7H,2,4H2,1H3. The van der Waals surface area contributed by atoms with Gasteiger partial charge >= 0.3 is 0 Å². The summed E-state index contributed by atoms with van der Waals surface area (Å²) in [5, 5.41) is 9.45. The Morgan fingerprint density at radius 1 is 1.67 bits per heavy atom. The zero-order valence-electron chi connectivity index (χ0n) is 6.95. The number of pyridine rings is 1. The highest BCUT2D eigenvalue weighted by molar-refractivity contribution is 7.98. The fourth-order valence-electron chi connectivity index (χ4n) is 0.989. The summed E-state index contributed by atoms with van der Waals surface area (Å²) in [6.07, 6.45) is 5.15. The Balaban J connectivity index is 2.76. The lowest BCUT2D eigenvalue weighted by atomic mass is 10.2. The molecule has 0 atom stereocenters. The van der Waals surface area contributed by atoms with Crippen LogP contribution in [0.1, 0.15) is 12.0 Å². The lowest BCUT2D eigenvalue weighted by Gasteiger charge is -2.01. The van der Waals surface area contributed by atoms with E-state index in [2.05, 4.69) is 11.1 Å². The van der Waals surface area contributed by atoms with Crippen LogP contribution < -0.4 is 0 Å². The summed E-state index contributed by atoms with van der Waals surface area (Å²) in [6, 6.07) is 6.06. The average Bonchev–Trinajstić information content (AvgIpc) is 2.15. The van der Waals surface area contributed by atoms with Gasteiger partial charge in [0, 0.05) is 12.6 Å². The van der Waals surface area contributed by atoms with Gasteiger partial charge in [0.25, 0.3) is 0 Å². The molecule has 0 aliphatic rings. The van der Waals surface area contributed by atoms with Crippen LogP contribution in [0, 0.1) is 11.3 Å². The summed E-state index contributed by atoms with van der Waals surface area (Å²) in [6.45, 7) is 0. The Morgan fingerprint density at radius 3 is 3.17 bits per heavy atom. The lowest BCUT2D eigenvalue weighted by molar-refractivity contribution is 0.935. The Morgan fingerprint density at radius 2 is 2.50 bits per heavy atom. The molecular weight excluding hydrogens is 168 g/mol. The summed E-state index contributed by atoms with van der Waals surface area (Å²) in [4.78, 5) is 4.20. The fraction of sp³-hybridized carbons (Fsp3) is 0.333. The van der Waals surface area contributed by atoms with E-state index >= 15 is 0 Å². The molecule has 0 fully saturated rings. The van der Waals surface area contributed by atoms with E-state index in [0.717, 1.165) is 11.4 Å². The molecule has 0 saturated heterocycles.